The number of amides is 1. The van der Waals surface area contributed by atoms with Gasteiger partial charge >= 0.3 is 0 Å². The molecule has 1 unspecified atom stereocenters. The quantitative estimate of drug-likeness (QED) is 0.346. The lowest BCUT2D eigenvalue weighted by atomic mass is 9.96. The van der Waals surface area contributed by atoms with Gasteiger partial charge in [-0.3, -0.25) is 19.7 Å². The van der Waals surface area contributed by atoms with E-state index in [0.29, 0.717) is 13.1 Å². The van der Waals surface area contributed by atoms with Crippen LogP contribution in [0.5, 0.6) is 0 Å². The van der Waals surface area contributed by atoms with Crippen molar-refractivity contribution < 1.29 is 14.5 Å². The number of nitro groups is 1. The molecule has 0 aromatic heterocycles. The van der Waals surface area contributed by atoms with Crippen molar-refractivity contribution in [2.24, 2.45) is 5.92 Å². The molecule has 0 heterocycles. The lowest BCUT2D eigenvalue weighted by molar-refractivity contribution is -0.385. The fourth-order valence-electron chi connectivity index (χ4n) is 1.96. The maximum Gasteiger partial charge on any atom is 0.281 e. The van der Waals surface area contributed by atoms with E-state index in [1.54, 1.807) is 19.9 Å². The molecule has 1 atom stereocenters. The van der Waals surface area contributed by atoms with E-state index in [9.17, 15) is 19.7 Å². The van der Waals surface area contributed by atoms with Crippen LogP contribution in [-0.4, -0.2) is 34.6 Å². The Hall–Kier alpha value is -2.46. The van der Waals surface area contributed by atoms with Gasteiger partial charge in [-0.2, -0.15) is 5.26 Å². The first kappa shape index (κ1) is 17.6. The molecule has 1 rings (SSSR count). The van der Waals surface area contributed by atoms with E-state index in [2.05, 4.69) is 0 Å². The van der Waals surface area contributed by atoms with Crippen molar-refractivity contribution in [2.75, 3.05) is 13.1 Å². The van der Waals surface area contributed by atoms with Crippen LogP contribution >= 0.6 is 11.6 Å². The zero-order valence-electron chi connectivity index (χ0n) is 12.1. The largest absolute Gasteiger partial charge is 0.342 e. The summed E-state index contributed by atoms with van der Waals surface area (Å²) in [6, 6.07) is 5.11. The molecule has 1 aromatic rings. The van der Waals surface area contributed by atoms with E-state index >= 15 is 0 Å². The van der Waals surface area contributed by atoms with Crippen molar-refractivity contribution in [3.05, 3.63) is 38.9 Å². The summed E-state index contributed by atoms with van der Waals surface area (Å²) in [4.78, 5) is 36.1. The van der Waals surface area contributed by atoms with Crippen LogP contribution in [0.2, 0.25) is 5.02 Å². The predicted octanol–water partition coefficient (Wildman–Crippen LogP) is 2.44. The van der Waals surface area contributed by atoms with Gasteiger partial charge in [-0.15, -0.1) is 0 Å². The third-order valence-electron chi connectivity index (χ3n) is 3.14. The summed E-state index contributed by atoms with van der Waals surface area (Å²) in [7, 11) is 0. The van der Waals surface area contributed by atoms with Gasteiger partial charge in [0.1, 0.15) is 0 Å². The van der Waals surface area contributed by atoms with E-state index in [0.717, 1.165) is 12.1 Å². The van der Waals surface area contributed by atoms with Crippen LogP contribution in [0.25, 0.3) is 0 Å². The second-order valence-electron chi connectivity index (χ2n) is 4.36. The molecule has 0 spiro atoms. The smallest absolute Gasteiger partial charge is 0.281 e. The number of nitriles is 1. The number of hydrogen-bond donors (Lipinski definition) is 0. The fourth-order valence-corrected chi connectivity index (χ4v) is 2.13. The summed E-state index contributed by atoms with van der Waals surface area (Å²) in [6.45, 7) is 4.10. The lowest BCUT2D eigenvalue weighted by Crippen LogP contribution is -2.38. The average molecular weight is 324 g/mol. The number of benzene rings is 1. The van der Waals surface area contributed by atoms with Crippen LogP contribution in [0.1, 0.15) is 24.2 Å². The summed E-state index contributed by atoms with van der Waals surface area (Å²) < 4.78 is 0. The van der Waals surface area contributed by atoms with Crippen molar-refractivity contribution in [1.82, 2.24) is 4.90 Å². The van der Waals surface area contributed by atoms with Gasteiger partial charge in [0.25, 0.3) is 5.69 Å². The Kier molecular flexibility index (Phi) is 6.01. The first-order valence-electron chi connectivity index (χ1n) is 6.53. The molecule has 0 bridgehead atoms. The number of hydrogen-bond acceptors (Lipinski definition) is 5. The number of Topliss-reactive ketones (excluding diaryl/α,β-unsaturated/α-hetero) is 1. The van der Waals surface area contributed by atoms with Crippen LogP contribution in [0.3, 0.4) is 0 Å². The number of halogens is 1. The molecular weight excluding hydrogens is 310 g/mol. The minimum absolute atomic E-state index is 0.0897. The number of ketones is 1. The summed E-state index contributed by atoms with van der Waals surface area (Å²) in [5.74, 6) is -3.18. The Morgan fingerprint density at radius 3 is 2.45 bits per heavy atom. The van der Waals surface area contributed by atoms with Gasteiger partial charge in [0.05, 0.1) is 16.6 Å². The molecule has 7 nitrogen and oxygen atoms in total. The predicted molar refractivity (Wildman–Crippen MR) is 79.5 cm³/mol. The Balaban J connectivity index is 3.27. The zero-order valence-corrected chi connectivity index (χ0v) is 12.8. The minimum atomic E-state index is -1.61. The van der Waals surface area contributed by atoms with Crippen molar-refractivity contribution in [3.8, 4) is 6.07 Å². The third kappa shape index (κ3) is 3.59. The monoisotopic (exact) mass is 323 g/mol. The highest BCUT2D eigenvalue weighted by Gasteiger charge is 2.34. The van der Waals surface area contributed by atoms with E-state index in [1.807, 2.05) is 0 Å². The topological polar surface area (TPSA) is 104 Å². The van der Waals surface area contributed by atoms with Crippen LogP contribution in [0.15, 0.2) is 18.2 Å². The molecule has 0 N–H and O–H groups in total. The average Bonchev–Trinajstić information content (AvgIpc) is 2.48. The van der Waals surface area contributed by atoms with Gasteiger partial charge < -0.3 is 4.90 Å². The van der Waals surface area contributed by atoms with Crippen LogP contribution in [-0.2, 0) is 4.79 Å². The molecule has 0 aliphatic carbocycles. The molecule has 0 fully saturated rings. The van der Waals surface area contributed by atoms with E-state index in [4.69, 9.17) is 16.9 Å². The summed E-state index contributed by atoms with van der Waals surface area (Å²) in [5.41, 5.74) is -0.827. The minimum Gasteiger partial charge on any atom is -0.342 e. The molecule has 22 heavy (non-hydrogen) atoms. The van der Waals surface area contributed by atoms with Gasteiger partial charge in [0, 0.05) is 24.2 Å². The zero-order chi connectivity index (χ0) is 16.9. The number of carbonyl (C=O) groups is 2. The highest BCUT2D eigenvalue weighted by molar-refractivity contribution is 6.31. The van der Waals surface area contributed by atoms with Crippen LogP contribution in [0, 0.1) is 27.4 Å². The molecule has 1 amide bonds. The summed E-state index contributed by atoms with van der Waals surface area (Å²) in [6.07, 6.45) is 0. The van der Waals surface area contributed by atoms with Crippen molar-refractivity contribution in [3.63, 3.8) is 0 Å². The van der Waals surface area contributed by atoms with Crippen molar-refractivity contribution in [1.29, 1.82) is 5.26 Å². The van der Waals surface area contributed by atoms with E-state index in [1.165, 1.54) is 11.0 Å². The van der Waals surface area contributed by atoms with Crippen molar-refractivity contribution in [2.45, 2.75) is 13.8 Å². The second-order valence-corrected chi connectivity index (χ2v) is 4.79. The Morgan fingerprint density at radius 2 is 2.00 bits per heavy atom. The number of rotatable bonds is 6. The Labute approximate surface area is 132 Å². The van der Waals surface area contributed by atoms with E-state index in [-0.39, 0.29) is 10.6 Å². The fraction of sp³-hybridized carbons (Fsp3) is 0.357. The summed E-state index contributed by atoms with van der Waals surface area (Å²) >= 11 is 5.68. The van der Waals surface area contributed by atoms with Gasteiger partial charge in [0.15, 0.2) is 11.7 Å². The molecular formula is C14H14ClN3O4. The molecule has 1 aromatic carbocycles. The first-order chi connectivity index (χ1) is 10.4. The SMILES string of the molecule is CCN(CC)C(=O)C(C#N)C(=O)c1ccc(Cl)cc1[N+](=O)[O-]. The lowest BCUT2D eigenvalue weighted by Gasteiger charge is -2.20. The van der Waals surface area contributed by atoms with Crippen LogP contribution < -0.4 is 0 Å². The molecule has 0 aliphatic heterocycles. The molecule has 116 valence electrons. The number of nitro benzene ring substituents is 1. The van der Waals surface area contributed by atoms with Crippen molar-refractivity contribution >= 4 is 29.0 Å². The summed E-state index contributed by atoms with van der Waals surface area (Å²) in [5, 5.41) is 20.2. The second kappa shape index (κ2) is 7.52. The normalized spacial score (nSPS) is 11.4. The van der Waals surface area contributed by atoms with Gasteiger partial charge in [-0.25, -0.2) is 0 Å². The molecule has 0 saturated carbocycles. The van der Waals surface area contributed by atoms with Gasteiger partial charge in [-0.05, 0) is 26.0 Å². The number of nitrogens with zero attached hydrogens (tertiary/aromatic N) is 3. The Bertz CT molecular complexity index is 650. The van der Waals surface area contributed by atoms with Gasteiger partial charge in [-0.1, -0.05) is 11.6 Å². The molecule has 0 aliphatic rings. The van der Waals surface area contributed by atoms with Gasteiger partial charge in [0.2, 0.25) is 5.91 Å². The van der Waals surface area contributed by atoms with E-state index < -0.39 is 28.2 Å². The molecule has 0 radical (unpaired) electrons. The highest BCUT2D eigenvalue weighted by Crippen LogP contribution is 2.26. The highest BCUT2D eigenvalue weighted by atomic mass is 35.5. The third-order valence-corrected chi connectivity index (χ3v) is 3.37. The standard InChI is InChI=1S/C14H14ClN3O4/c1-3-17(4-2)14(20)11(8-16)13(19)10-6-5-9(15)7-12(10)18(21)22/h5-7,11H,3-4H2,1-2H3. The number of carbonyl (C=O) groups excluding carboxylic acids is 2. The Morgan fingerprint density at radius 1 is 1.41 bits per heavy atom. The first-order valence-corrected chi connectivity index (χ1v) is 6.91. The maximum atomic E-state index is 12.4. The maximum absolute atomic E-state index is 12.4. The van der Waals surface area contributed by atoms with Crippen LogP contribution in [0.4, 0.5) is 5.69 Å². The molecule has 0 saturated heterocycles. The molecule has 8 heteroatoms.